The first kappa shape index (κ1) is 13.2. The molecule has 0 aliphatic heterocycles. The maximum atomic E-state index is 11.2. The monoisotopic (exact) mass is 285 g/mol. The summed E-state index contributed by atoms with van der Waals surface area (Å²) < 4.78 is 0. The summed E-state index contributed by atoms with van der Waals surface area (Å²) in [5, 5.41) is 19.8. The quantitative estimate of drug-likeness (QED) is 0.683. The van der Waals surface area contributed by atoms with Crippen LogP contribution in [0.2, 0.25) is 0 Å². The number of rotatable bonds is 4. The Kier molecular flexibility index (Phi) is 3.09. The molecule has 0 saturated heterocycles. The van der Waals surface area contributed by atoms with Crippen molar-refractivity contribution in [2.24, 2.45) is 0 Å². The number of hydrogen-bond donors (Lipinski definition) is 1. The lowest BCUT2D eigenvalue weighted by atomic mass is 10.1. The Hall–Kier alpha value is -2.83. The van der Waals surface area contributed by atoms with Crippen molar-refractivity contribution in [3.05, 3.63) is 51.8 Å². The number of hydrogen-bond acceptors (Lipinski definition) is 5. The van der Waals surface area contributed by atoms with Crippen LogP contribution in [0.15, 0.2) is 30.5 Å². The molecule has 2 aromatic rings. The molecule has 1 fully saturated rings. The first-order valence-electron chi connectivity index (χ1n) is 6.41. The predicted octanol–water partition coefficient (Wildman–Crippen LogP) is 2.63. The van der Waals surface area contributed by atoms with E-state index in [1.807, 2.05) is 0 Å². The average Bonchev–Trinajstić information content (AvgIpc) is 3.31. The van der Waals surface area contributed by atoms with Crippen LogP contribution in [-0.2, 0) is 0 Å². The van der Waals surface area contributed by atoms with E-state index in [0.29, 0.717) is 17.1 Å². The number of aromatic nitrogens is 2. The number of non-ortho nitro benzene ring substituents is 1. The number of carboxylic acids is 1. The second-order valence-electron chi connectivity index (χ2n) is 4.88. The van der Waals surface area contributed by atoms with Crippen LogP contribution < -0.4 is 0 Å². The molecule has 0 amide bonds. The Bertz CT molecular complexity index is 723. The van der Waals surface area contributed by atoms with Crippen LogP contribution in [0.1, 0.15) is 34.8 Å². The molecule has 1 aromatic heterocycles. The largest absolute Gasteiger partial charge is 0.478 e. The third-order valence-corrected chi connectivity index (χ3v) is 3.35. The number of benzene rings is 1. The Balaban J connectivity index is 2.00. The summed E-state index contributed by atoms with van der Waals surface area (Å²) >= 11 is 0. The SMILES string of the molecule is O=C(O)c1cnc(-c2ccc([N+](=O)[O-])cc2)nc1C1CC1. The van der Waals surface area contributed by atoms with Gasteiger partial charge in [-0.15, -0.1) is 0 Å². The van der Waals surface area contributed by atoms with Gasteiger partial charge in [-0.05, 0) is 25.0 Å². The van der Waals surface area contributed by atoms with Crippen molar-refractivity contribution in [3.8, 4) is 11.4 Å². The lowest BCUT2D eigenvalue weighted by Gasteiger charge is -2.06. The van der Waals surface area contributed by atoms with Gasteiger partial charge in [-0.1, -0.05) is 0 Å². The van der Waals surface area contributed by atoms with Gasteiger partial charge in [0.15, 0.2) is 5.82 Å². The molecule has 106 valence electrons. The molecular formula is C14H11N3O4. The van der Waals surface area contributed by atoms with Gasteiger partial charge in [-0.2, -0.15) is 0 Å². The lowest BCUT2D eigenvalue weighted by molar-refractivity contribution is -0.384. The Morgan fingerprint density at radius 1 is 1.29 bits per heavy atom. The summed E-state index contributed by atoms with van der Waals surface area (Å²) in [4.78, 5) is 29.7. The first-order valence-corrected chi connectivity index (χ1v) is 6.41. The highest BCUT2D eigenvalue weighted by Crippen LogP contribution is 2.41. The van der Waals surface area contributed by atoms with Gasteiger partial charge in [-0.25, -0.2) is 14.8 Å². The molecule has 0 atom stereocenters. The van der Waals surface area contributed by atoms with E-state index in [0.717, 1.165) is 12.8 Å². The molecular weight excluding hydrogens is 274 g/mol. The van der Waals surface area contributed by atoms with E-state index in [-0.39, 0.29) is 17.2 Å². The van der Waals surface area contributed by atoms with Gasteiger partial charge in [0, 0.05) is 29.8 Å². The standard InChI is InChI=1S/C14H11N3O4/c18-14(19)11-7-15-13(16-12(11)8-1-2-8)9-3-5-10(6-4-9)17(20)21/h3-8H,1-2H2,(H,18,19). The highest BCUT2D eigenvalue weighted by Gasteiger charge is 2.30. The van der Waals surface area contributed by atoms with Gasteiger partial charge in [-0.3, -0.25) is 10.1 Å². The molecule has 0 bridgehead atoms. The van der Waals surface area contributed by atoms with Crippen LogP contribution in [0.4, 0.5) is 5.69 Å². The van der Waals surface area contributed by atoms with Crippen LogP contribution in [0.3, 0.4) is 0 Å². The number of nitrogens with zero attached hydrogens (tertiary/aromatic N) is 3. The summed E-state index contributed by atoms with van der Waals surface area (Å²) in [6, 6.07) is 5.87. The normalized spacial score (nSPS) is 13.9. The third kappa shape index (κ3) is 2.58. The molecule has 21 heavy (non-hydrogen) atoms. The topological polar surface area (TPSA) is 106 Å². The van der Waals surface area contributed by atoms with E-state index in [9.17, 15) is 14.9 Å². The molecule has 7 nitrogen and oxygen atoms in total. The van der Waals surface area contributed by atoms with E-state index in [4.69, 9.17) is 5.11 Å². The van der Waals surface area contributed by atoms with E-state index in [1.165, 1.54) is 18.3 Å². The summed E-state index contributed by atoms with van der Waals surface area (Å²) in [6.45, 7) is 0. The summed E-state index contributed by atoms with van der Waals surface area (Å²) in [7, 11) is 0. The molecule has 1 aliphatic carbocycles. The van der Waals surface area contributed by atoms with E-state index in [1.54, 1.807) is 12.1 Å². The third-order valence-electron chi connectivity index (χ3n) is 3.35. The Labute approximate surface area is 119 Å². The molecule has 0 spiro atoms. The number of carbonyl (C=O) groups is 1. The molecule has 0 unspecified atom stereocenters. The minimum absolute atomic E-state index is 0.0108. The Morgan fingerprint density at radius 2 is 1.95 bits per heavy atom. The Morgan fingerprint density at radius 3 is 2.48 bits per heavy atom. The van der Waals surface area contributed by atoms with Crippen LogP contribution in [-0.4, -0.2) is 26.0 Å². The molecule has 1 saturated carbocycles. The van der Waals surface area contributed by atoms with E-state index >= 15 is 0 Å². The van der Waals surface area contributed by atoms with Gasteiger partial charge in [0.2, 0.25) is 0 Å². The van der Waals surface area contributed by atoms with Crippen LogP contribution in [0.25, 0.3) is 11.4 Å². The van der Waals surface area contributed by atoms with Crippen molar-refractivity contribution >= 4 is 11.7 Å². The zero-order chi connectivity index (χ0) is 15.0. The predicted molar refractivity (Wildman–Crippen MR) is 73.1 cm³/mol. The van der Waals surface area contributed by atoms with Crippen molar-refractivity contribution in [1.29, 1.82) is 0 Å². The highest BCUT2D eigenvalue weighted by atomic mass is 16.6. The lowest BCUT2D eigenvalue weighted by Crippen LogP contribution is -2.06. The maximum absolute atomic E-state index is 11.2. The summed E-state index contributed by atoms with van der Waals surface area (Å²) in [5.41, 5.74) is 1.29. The van der Waals surface area contributed by atoms with E-state index < -0.39 is 10.9 Å². The van der Waals surface area contributed by atoms with Gasteiger partial charge in [0.1, 0.15) is 0 Å². The molecule has 1 N–H and O–H groups in total. The molecule has 1 aliphatic rings. The number of aromatic carboxylic acids is 1. The van der Waals surface area contributed by atoms with Gasteiger partial charge in [0.25, 0.3) is 5.69 Å². The molecule has 3 rings (SSSR count). The fourth-order valence-electron chi connectivity index (χ4n) is 2.10. The smallest absolute Gasteiger partial charge is 0.339 e. The van der Waals surface area contributed by atoms with Gasteiger partial charge < -0.3 is 5.11 Å². The molecule has 1 aromatic carbocycles. The highest BCUT2D eigenvalue weighted by molar-refractivity contribution is 5.89. The van der Waals surface area contributed by atoms with Crippen molar-refractivity contribution in [3.63, 3.8) is 0 Å². The number of nitro benzene ring substituents is 1. The van der Waals surface area contributed by atoms with Crippen LogP contribution >= 0.6 is 0 Å². The van der Waals surface area contributed by atoms with Crippen LogP contribution in [0.5, 0.6) is 0 Å². The fourth-order valence-corrected chi connectivity index (χ4v) is 2.10. The second kappa shape index (κ2) is 4.93. The van der Waals surface area contributed by atoms with Gasteiger partial charge >= 0.3 is 5.97 Å². The second-order valence-corrected chi connectivity index (χ2v) is 4.88. The molecule has 0 radical (unpaired) electrons. The molecule has 7 heteroatoms. The maximum Gasteiger partial charge on any atom is 0.339 e. The zero-order valence-corrected chi connectivity index (χ0v) is 10.9. The minimum atomic E-state index is -1.04. The minimum Gasteiger partial charge on any atom is -0.478 e. The van der Waals surface area contributed by atoms with Crippen molar-refractivity contribution < 1.29 is 14.8 Å². The summed E-state index contributed by atoms with van der Waals surface area (Å²) in [6.07, 6.45) is 3.16. The first-order chi connectivity index (χ1) is 10.1. The van der Waals surface area contributed by atoms with E-state index in [2.05, 4.69) is 9.97 Å². The van der Waals surface area contributed by atoms with Crippen molar-refractivity contribution in [2.45, 2.75) is 18.8 Å². The zero-order valence-electron chi connectivity index (χ0n) is 10.9. The number of nitro groups is 1. The van der Waals surface area contributed by atoms with Crippen molar-refractivity contribution in [2.75, 3.05) is 0 Å². The van der Waals surface area contributed by atoms with Crippen molar-refractivity contribution in [1.82, 2.24) is 9.97 Å². The fraction of sp³-hybridized carbons (Fsp3) is 0.214. The molecule has 1 heterocycles. The average molecular weight is 285 g/mol. The van der Waals surface area contributed by atoms with Gasteiger partial charge in [0.05, 0.1) is 16.2 Å². The number of carboxylic acid groups (broad SMARTS) is 1. The summed E-state index contributed by atoms with van der Waals surface area (Å²) in [5.74, 6) is -0.472. The van der Waals surface area contributed by atoms with Crippen LogP contribution in [0, 0.1) is 10.1 Å².